The number of benzene rings is 2. The van der Waals surface area contributed by atoms with E-state index in [1.54, 1.807) is 24.3 Å². The molecule has 0 fully saturated rings. The molecule has 0 aliphatic rings. The summed E-state index contributed by atoms with van der Waals surface area (Å²) >= 11 is 17.7. The molecule has 0 heterocycles. The van der Waals surface area contributed by atoms with Crippen molar-refractivity contribution in [3.8, 4) is 5.75 Å². The number of hydrogen-bond donors (Lipinski definition) is 2. The zero-order valence-electron chi connectivity index (χ0n) is 9.25. The molecular weight excluding hydrogens is 293 g/mol. The highest BCUT2D eigenvalue weighted by Crippen LogP contribution is 2.27. The van der Waals surface area contributed by atoms with Crippen LogP contribution < -0.4 is 5.32 Å². The number of rotatable bonds is 3. The Morgan fingerprint density at radius 2 is 1.72 bits per heavy atom. The summed E-state index contributed by atoms with van der Waals surface area (Å²) in [4.78, 5) is 0. The largest absolute Gasteiger partial charge is 0.506 e. The van der Waals surface area contributed by atoms with Crippen molar-refractivity contribution in [1.82, 2.24) is 0 Å². The quantitative estimate of drug-likeness (QED) is 0.785. The van der Waals surface area contributed by atoms with Gasteiger partial charge in [-0.3, -0.25) is 0 Å². The van der Waals surface area contributed by atoms with Crippen LogP contribution in [0.25, 0.3) is 0 Å². The predicted molar refractivity (Wildman–Crippen MR) is 76.9 cm³/mol. The lowest BCUT2D eigenvalue weighted by Crippen LogP contribution is -1.99. The Hall–Kier alpha value is -1.09. The van der Waals surface area contributed by atoms with E-state index in [2.05, 4.69) is 5.32 Å². The molecule has 0 saturated carbocycles. The molecule has 0 aromatic heterocycles. The summed E-state index contributed by atoms with van der Waals surface area (Å²) in [6.45, 7) is 0.553. The molecule has 0 bridgehead atoms. The fourth-order valence-electron chi connectivity index (χ4n) is 1.48. The number of anilines is 1. The van der Waals surface area contributed by atoms with Gasteiger partial charge in [-0.2, -0.15) is 0 Å². The van der Waals surface area contributed by atoms with Crippen LogP contribution in [0.5, 0.6) is 5.75 Å². The number of halogens is 3. The van der Waals surface area contributed by atoms with Crippen molar-refractivity contribution in [2.45, 2.75) is 6.54 Å². The van der Waals surface area contributed by atoms with E-state index >= 15 is 0 Å². The van der Waals surface area contributed by atoms with Gasteiger partial charge >= 0.3 is 0 Å². The molecule has 0 aliphatic carbocycles. The lowest BCUT2D eigenvalue weighted by atomic mass is 10.2. The van der Waals surface area contributed by atoms with Crippen LogP contribution in [0.2, 0.25) is 15.1 Å². The van der Waals surface area contributed by atoms with E-state index in [0.717, 1.165) is 11.3 Å². The number of nitrogens with one attached hydrogen (secondary N) is 1. The maximum Gasteiger partial charge on any atom is 0.134 e. The van der Waals surface area contributed by atoms with Crippen LogP contribution in [0.1, 0.15) is 5.56 Å². The van der Waals surface area contributed by atoms with Crippen molar-refractivity contribution in [2.75, 3.05) is 5.32 Å². The van der Waals surface area contributed by atoms with Crippen molar-refractivity contribution in [2.24, 2.45) is 0 Å². The van der Waals surface area contributed by atoms with Crippen LogP contribution in [0.15, 0.2) is 36.4 Å². The summed E-state index contributed by atoms with van der Waals surface area (Å²) in [6.07, 6.45) is 0. The summed E-state index contributed by atoms with van der Waals surface area (Å²) in [5, 5.41) is 14.0. The third-order valence-electron chi connectivity index (χ3n) is 2.45. The fourth-order valence-corrected chi connectivity index (χ4v) is 2.14. The van der Waals surface area contributed by atoms with Crippen molar-refractivity contribution >= 4 is 40.5 Å². The second-order valence-electron chi connectivity index (χ2n) is 3.76. The average Bonchev–Trinajstić information content (AvgIpc) is 2.32. The number of aromatic hydroxyl groups is 1. The fraction of sp³-hybridized carbons (Fsp3) is 0.0769. The smallest absolute Gasteiger partial charge is 0.134 e. The molecule has 0 radical (unpaired) electrons. The van der Waals surface area contributed by atoms with Gasteiger partial charge in [-0.1, -0.05) is 40.9 Å². The van der Waals surface area contributed by atoms with E-state index < -0.39 is 0 Å². The molecular formula is C13H10Cl3NO. The predicted octanol–water partition coefficient (Wildman–Crippen LogP) is 4.96. The Morgan fingerprint density at radius 3 is 2.39 bits per heavy atom. The zero-order chi connectivity index (χ0) is 13.1. The summed E-state index contributed by atoms with van der Waals surface area (Å²) in [6, 6.07) is 10.3. The normalized spacial score (nSPS) is 10.4. The monoisotopic (exact) mass is 301 g/mol. The molecule has 0 aliphatic heterocycles. The van der Waals surface area contributed by atoms with Gasteiger partial charge in [0.15, 0.2) is 0 Å². The molecule has 5 heteroatoms. The molecule has 0 atom stereocenters. The third kappa shape index (κ3) is 3.22. The van der Waals surface area contributed by atoms with E-state index in [9.17, 15) is 5.11 Å². The van der Waals surface area contributed by atoms with Gasteiger partial charge in [0.25, 0.3) is 0 Å². The van der Waals surface area contributed by atoms with Gasteiger partial charge in [-0.15, -0.1) is 0 Å². The molecule has 2 aromatic rings. The van der Waals surface area contributed by atoms with Crippen molar-refractivity contribution in [3.05, 3.63) is 57.0 Å². The molecule has 0 saturated heterocycles. The number of phenols is 1. The molecule has 2 rings (SSSR count). The van der Waals surface area contributed by atoms with E-state index in [1.807, 2.05) is 6.07 Å². The highest BCUT2D eigenvalue weighted by Gasteiger charge is 2.03. The first-order chi connectivity index (χ1) is 8.56. The van der Waals surface area contributed by atoms with Crippen LogP contribution in [0, 0.1) is 0 Å². The number of hydrogen-bond acceptors (Lipinski definition) is 2. The summed E-state index contributed by atoms with van der Waals surface area (Å²) in [7, 11) is 0. The maximum atomic E-state index is 9.31. The Balaban J connectivity index is 2.09. The Bertz CT molecular complexity index is 572. The third-order valence-corrected chi connectivity index (χ3v) is 3.34. The van der Waals surface area contributed by atoms with E-state index in [4.69, 9.17) is 34.8 Å². The SMILES string of the molecule is Oc1ccc(NCc2ccc(Cl)cc2Cl)cc1Cl. The zero-order valence-corrected chi connectivity index (χ0v) is 11.5. The molecule has 2 N–H and O–H groups in total. The average molecular weight is 303 g/mol. The summed E-state index contributed by atoms with van der Waals surface area (Å²) in [5.41, 5.74) is 1.74. The maximum absolute atomic E-state index is 9.31. The molecule has 2 aromatic carbocycles. The standard InChI is InChI=1S/C13H10Cl3NO/c14-9-2-1-8(11(15)5-9)7-17-10-3-4-13(18)12(16)6-10/h1-6,17-18H,7H2. The Labute approximate surface area is 120 Å². The van der Waals surface area contributed by atoms with Gasteiger partial charge < -0.3 is 10.4 Å². The second kappa shape index (κ2) is 5.70. The highest BCUT2D eigenvalue weighted by molar-refractivity contribution is 6.35. The van der Waals surface area contributed by atoms with Crippen molar-refractivity contribution < 1.29 is 5.11 Å². The summed E-state index contributed by atoms with van der Waals surface area (Å²) < 4.78 is 0. The molecule has 0 amide bonds. The van der Waals surface area contributed by atoms with Gasteiger partial charge in [0.1, 0.15) is 5.75 Å². The van der Waals surface area contributed by atoms with Crippen LogP contribution in [0.4, 0.5) is 5.69 Å². The minimum Gasteiger partial charge on any atom is -0.506 e. The van der Waals surface area contributed by atoms with Gasteiger partial charge in [0, 0.05) is 22.3 Å². The van der Waals surface area contributed by atoms with E-state index in [0.29, 0.717) is 21.6 Å². The highest BCUT2D eigenvalue weighted by atomic mass is 35.5. The minimum atomic E-state index is 0.0618. The van der Waals surface area contributed by atoms with Gasteiger partial charge in [0.2, 0.25) is 0 Å². The first kappa shape index (κ1) is 13.3. The van der Waals surface area contributed by atoms with Gasteiger partial charge in [-0.25, -0.2) is 0 Å². The molecule has 0 unspecified atom stereocenters. The lowest BCUT2D eigenvalue weighted by Gasteiger charge is -2.09. The van der Waals surface area contributed by atoms with Gasteiger partial charge in [0.05, 0.1) is 5.02 Å². The van der Waals surface area contributed by atoms with Crippen LogP contribution in [0.3, 0.4) is 0 Å². The molecule has 0 spiro atoms. The molecule has 94 valence electrons. The summed E-state index contributed by atoms with van der Waals surface area (Å²) in [5.74, 6) is 0.0618. The topological polar surface area (TPSA) is 32.3 Å². The van der Waals surface area contributed by atoms with Crippen LogP contribution >= 0.6 is 34.8 Å². The first-order valence-corrected chi connectivity index (χ1v) is 6.36. The Morgan fingerprint density at radius 1 is 0.944 bits per heavy atom. The van der Waals surface area contributed by atoms with Crippen LogP contribution in [-0.2, 0) is 6.54 Å². The molecule has 2 nitrogen and oxygen atoms in total. The van der Waals surface area contributed by atoms with Crippen molar-refractivity contribution in [3.63, 3.8) is 0 Å². The number of phenolic OH excluding ortho intramolecular Hbond substituents is 1. The Kier molecular flexibility index (Phi) is 4.23. The lowest BCUT2D eigenvalue weighted by molar-refractivity contribution is 0.475. The second-order valence-corrected chi connectivity index (χ2v) is 5.01. The van der Waals surface area contributed by atoms with E-state index in [-0.39, 0.29) is 5.75 Å². The first-order valence-electron chi connectivity index (χ1n) is 5.22. The van der Waals surface area contributed by atoms with E-state index in [1.165, 1.54) is 6.07 Å². The van der Waals surface area contributed by atoms with Crippen LogP contribution in [-0.4, -0.2) is 5.11 Å². The van der Waals surface area contributed by atoms with Crippen molar-refractivity contribution in [1.29, 1.82) is 0 Å². The molecule has 18 heavy (non-hydrogen) atoms. The minimum absolute atomic E-state index is 0.0618. The van der Waals surface area contributed by atoms with Gasteiger partial charge in [-0.05, 0) is 35.9 Å².